The lowest BCUT2D eigenvalue weighted by Crippen LogP contribution is -2.30. The van der Waals surface area contributed by atoms with Gasteiger partial charge in [0.05, 0.1) is 26.4 Å². The van der Waals surface area contributed by atoms with Crippen molar-refractivity contribution in [2.24, 2.45) is 0 Å². The summed E-state index contributed by atoms with van der Waals surface area (Å²) in [6.07, 6.45) is 64.6. The molecule has 490 valence electrons. The van der Waals surface area contributed by atoms with Gasteiger partial charge >= 0.3 is 33.6 Å². The number of aliphatic hydroxyl groups excluding tert-OH is 2. The summed E-state index contributed by atoms with van der Waals surface area (Å²) in [6.45, 7) is 2.38. The number of hydrogen-bond donors (Lipinski definition) is 4. The zero-order chi connectivity index (χ0) is 62.4. The summed E-state index contributed by atoms with van der Waals surface area (Å²) in [7, 11) is -9.78. The van der Waals surface area contributed by atoms with Crippen molar-refractivity contribution in [3.63, 3.8) is 0 Å². The fourth-order valence-electron chi connectivity index (χ4n) is 8.38. The van der Waals surface area contributed by atoms with Gasteiger partial charge in [-0.1, -0.05) is 234 Å². The van der Waals surface area contributed by atoms with E-state index in [-0.39, 0.29) is 19.3 Å². The lowest BCUT2D eigenvalue weighted by atomic mass is 10.0. The predicted octanol–water partition coefficient (Wildman–Crippen LogP) is 17.5. The van der Waals surface area contributed by atoms with Crippen molar-refractivity contribution in [1.82, 2.24) is 0 Å². The first kappa shape index (κ1) is 81.5. The zero-order valence-corrected chi connectivity index (χ0v) is 54.5. The van der Waals surface area contributed by atoms with Gasteiger partial charge in [0, 0.05) is 19.3 Å². The van der Waals surface area contributed by atoms with E-state index in [0.717, 1.165) is 128 Å². The molecule has 0 aromatic rings. The number of allylic oxidation sites excluding steroid dienone is 16. The molecule has 0 saturated carbocycles. The molecule has 5 unspecified atom stereocenters. The van der Waals surface area contributed by atoms with Crippen LogP contribution in [0, 0.1) is 0 Å². The SMILES string of the molecule is CC/C=C\C/C=C\C/C=C\C/C=C\C/C=C\CCCCCC(=O)OCC(O)COP(=O)(O)OCC(O)COP(=O)(O)OCC(COC(=O)CCCCCCC/C=C\C/C=C\C/C=C\CC)OC(=O)CCCCCCCCCCCCCCCCC. The van der Waals surface area contributed by atoms with E-state index in [1.807, 2.05) is 0 Å². The first-order chi connectivity index (χ1) is 41.2. The maximum absolute atomic E-state index is 12.9. The molecule has 85 heavy (non-hydrogen) atoms. The van der Waals surface area contributed by atoms with Gasteiger partial charge < -0.3 is 34.2 Å². The Morgan fingerprint density at radius 2 is 0.624 bits per heavy atom. The minimum Gasteiger partial charge on any atom is -0.463 e. The highest BCUT2D eigenvalue weighted by Crippen LogP contribution is 2.45. The summed E-state index contributed by atoms with van der Waals surface area (Å²) in [5, 5.41) is 20.5. The maximum Gasteiger partial charge on any atom is 0.472 e. The van der Waals surface area contributed by atoms with Crippen LogP contribution >= 0.6 is 15.6 Å². The van der Waals surface area contributed by atoms with Gasteiger partial charge in [-0.25, -0.2) is 9.13 Å². The Morgan fingerprint density at radius 3 is 1.00 bits per heavy atom. The molecule has 18 heteroatoms. The fraction of sp³-hybridized carbons (Fsp3) is 0.716. The summed E-state index contributed by atoms with van der Waals surface area (Å²) in [6, 6.07) is 0. The third-order valence-corrected chi connectivity index (χ3v) is 15.2. The van der Waals surface area contributed by atoms with Crippen LogP contribution < -0.4 is 0 Å². The second-order valence-electron chi connectivity index (χ2n) is 21.5. The van der Waals surface area contributed by atoms with Crippen molar-refractivity contribution in [3.8, 4) is 0 Å². The van der Waals surface area contributed by atoms with Crippen LogP contribution in [-0.2, 0) is 55.8 Å². The van der Waals surface area contributed by atoms with Crippen LogP contribution in [-0.4, -0.2) is 95.9 Å². The molecule has 0 fully saturated rings. The van der Waals surface area contributed by atoms with Gasteiger partial charge in [0.1, 0.15) is 25.4 Å². The average molecular weight is 1240 g/mol. The van der Waals surface area contributed by atoms with E-state index >= 15 is 0 Å². The van der Waals surface area contributed by atoms with Crippen molar-refractivity contribution in [3.05, 3.63) is 97.2 Å². The third-order valence-electron chi connectivity index (χ3n) is 13.3. The number of esters is 3. The number of carbonyl (C=O) groups is 3. The monoisotopic (exact) mass is 1240 g/mol. The highest BCUT2D eigenvalue weighted by atomic mass is 31.2. The van der Waals surface area contributed by atoms with Gasteiger partial charge in [0.2, 0.25) is 0 Å². The van der Waals surface area contributed by atoms with Gasteiger partial charge in [-0.15, -0.1) is 0 Å². The number of rotatable bonds is 61. The quantitative estimate of drug-likeness (QED) is 0.0146. The molecule has 0 aromatic carbocycles. The van der Waals surface area contributed by atoms with Crippen molar-refractivity contribution in [1.29, 1.82) is 0 Å². The van der Waals surface area contributed by atoms with Crippen LogP contribution in [0.1, 0.15) is 252 Å². The average Bonchev–Trinajstić information content (AvgIpc) is 3.52. The highest BCUT2D eigenvalue weighted by Gasteiger charge is 2.29. The molecule has 0 amide bonds. The molecule has 0 aliphatic carbocycles. The molecule has 16 nitrogen and oxygen atoms in total. The van der Waals surface area contributed by atoms with Crippen molar-refractivity contribution >= 4 is 33.6 Å². The molecular weight excluding hydrogens is 1120 g/mol. The summed E-state index contributed by atoms with van der Waals surface area (Å²) < 4.78 is 60.8. The number of carbonyl (C=O) groups excluding carboxylic acids is 3. The number of hydrogen-bond acceptors (Lipinski definition) is 14. The molecule has 0 saturated heterocycles. The minimum atomic E-state index is -4.93. The van der Waals surface area contributed by atoms with Crippen molar-refractivity contribution in [2.75, 3.05) is 39.6 Å². The molecule has 0 aliphatic rings. The topological polar surface area (TPSA) is 231 Å². The summed E-state index contributed by atoms with van der Waals surface area (Å²) in [5.41, 5.74) is 0. The number of ether oxygens (including phenoxy) is 3. The zero-order valence-electron chi connectivity index (χ0n) is 52.8. The number of aliphatic hydroxyl groups is 2. The lowest BCUT2D eigenvalue weighted by Gasteiger charge is -2.21. The van der Waals surface area contributed by atoms with Crippen LogP contribution in [0.4, 0.5) is 0 Å². The van der Waals surface area contributed by atoms with Crippen molar-refractivity contribution < 1.29 is 75.8 Å². The van der Waals surface area contributed by atoms with Crippen LogP contribution in [0.3, 0.4) is 0 Å². The maximum atomic E-state index is 12.9. The third kappa shape index (κ3) is 61.9. The molecule has 5 atom stereocenters. The molecule has 0 spiro atoms. The van der Waals surface area contributed by atoms with Gasteiger partial charge in [-0.3, -0.25) is 32.5 Å². The minimum absolute atomic E-state index is 0.102. The normalized spacial score (nSPS) is 15.0. The molecule has 0 heterocycles. The Morgan fingerprint density at radius 1 is 0.341 bits per heavy atom. The first-order valence-electron chi connectivity index (χ1n) is 32.5. The molecule has 0 aromatic heterocycles. The Hall–Kier alpha value is -3.53. The second-order valence-corrected chi connectivity index (χ2v) is 24.4. The van der Waals surface area contributed by atoms with Gasteiger partial charge in [-0.2, -0.15) is 0 Å². The van der Waals surface area contributed by atoms with Crippen LogP contribution in [0.25, 0.3) is 0 Å². The Bertz CT molecular complexity index is 1940. The van der Waals surface area contributed by atoms with E-state index in [1.165, 1.54) is 64.2 Å². The predicted molar refractivity (Wildman–Crippen MR) is 344 cm³/mol. The molecule has 0 bridgehead atoms. The van der Waals surface area contributed by atoms with Gasteiger partial charge in [0.15, 0.2) is 6.10 Å². The van der Waals surface area contributed by atoms with Crippen LogP contribution in [0.5, 0.6) is 0 Å². The Balaban J connectivity index is 4.70. The lowest BCUT2D eigenvalue weighted by molar-refractivity contribution is -0.161. The Kier molecular flexibility index (Phi) is 58.2. The number of phosphoric ester groups is 2. The largest absolute Gasteiger partial charge is 0.472 e. The van der Waals surface area contributed by atoms with Gasteiger partial charge in [0.25, 0.3) is 0 Å². The first-order valence-corrected chi connectivity index (χ1v) is 35.5. The van der Waals surface area contributed by atoms with E-state index < -0.39 is 91.5 Å². The fourth-order valence-corrected chi connectivity index (χ4v) is 9.96. The molecule has 4 N–H and O–H groups in total. The second kappa shape index (κ2) is 60.7. The summed E-state index contributed by atoms with van der Waals surface area (Å²) in [5.74, 6) is -1.62. The number of unbranched alkanes of at least 4 members (excludes halogenated alkanes) is 22. The highest BCUT2D eigenvalue weighted by molar-refractivity contribution is 7.47. The van der Waals surface area contributed by atoms with Crippen LogP contribution in [0.15, 0.2) is 97.2 Å². The van der Waals surface area contributed by atoms with Gasteiger partial charge in [-0.05, 0) is 96.3 Å². The summed E-state index contributed by atoms with van der Waals surface area (Å²) in [4.78, 5) is 58.3. The van der Waals surface area contributed by atoms with E-state index in [1.54, 1.807) is 0 Å². The van der Waals surface area contributed by atoms with Crippen molar-refractivity contribution in [2.45, 2.75) is 270 Å². The molecule has 0 radical (unpaired) electrons. The summed E-state index contributed by atoms with van der Waals surface area (Å²) >= 11 is 0. The smallest absolute Gasteiger partial charge is 0.463 e. The molecule has 0 rings (SSSR count). The van der Waals surface area contributed by atoms with Crippen LogP contribution in [0.2, 0.25) is 0 Å². The van der Waals surface area contributed by atoms with E-state index in [0.29, 0.717) is 19.3 Å². The van der Waals surface area contributed by atoms with E-state index in [9.17, 15) is 43.5 Å². The number of phosphoric acid groups is 2. The van der Waals surface area contributed by atoms with E-state index in [2.05, 4.69) is 118 Å². The van der Waals surface area contributed by atoms with E-state index in [4.69, 9.17) is 32.3 Å². The molecular formula is C67H116O16P2. The standard InChI is InChI=1S/C67H116O16P2/c1-4-7-10-13-16-19-22-25-28-29-30-31-34-36-38-41-44-47-50-53-65(70)77-56-62(68)57-79-84(73,74)80-58-63(69)59-81-85(75,76)82-61-64(83-67(72)55-52-49-46-43-40-37-33-27-24-21-18-15-12-9-6-3)60-78-66(71)54-51-48-45-42-39-35-32-26-23-20-17-14-11-8-5-2/h7-8,10-11,16-17,19-20,25-26,28,30-32,36,38,62-64,68-69H,4-6,9,12-15,18,21-24,27,29,33-35,37,39-61H2,1-3H3,(H,73,74)(H,75,76)/b10-7-,11-8-,19-16-,20-17-,28-25-,31-30-,32-26-,38-36-. The Labute approximate surface area is 514 Å². The molecule has 0 aliphatic heterocycles.